The van der Waals surface area contributed by atoms with Gasteiger partial charge >= 0.3 is 0 Å². The van der Waals surface area contributed by atoms with Crippen molar-refractivity contribution >= 4 is 45.8 Å². The summed E-state index contributed by atoms with van der Waals surface area (Å²) in [4.78, 5) is 20.3. The van der Waals surface area contributed by atoms with Gasteiger partial charge in [0.1, 0.15) is 21.6 Å². The van der Waals surface area contributed by atoms with Crippen LogP contribution in [0.2, 0.25) is 0 Å². The molecule has 0 heterocycles. The van der Waals surface area contributed by atoms with Crippen molar-refractivity contribution in [3.63, 3.8) is 0 Å². The topological polar surface area (TPSA) is 162 Å². The van der Waals surface area contributed by atoms with Crippen LogP contribution in [0.25, 0.3) is 0 Å². The molecule has 1 aromatic rings. The zero-order chi connectivity index (χ0) is 18.6. The maximum Gasteiger partial charge on any atom is 0.298 e. The lowest BCUT2D eigenvalue weighted by Gasteiger charge is -2.14. The third kappa shape index (κ3) is 3.44. The average Bonchev–Trinajstić information content (AvgIpc) is 2.49. The number of hydrogen-bond acceptors (Lipinski definition) is 7. The van der Waals surface area contributed by atoms with E-state index in [4.69, 9.17) is 35.9 Å². The molecule has 0 bridgehead atoms. The number of thiocarbonyl (C=S) groups is 2. The molecule has 0 radical (unpaired) electrons. The SMILES string of the molecule is CCCCc1c(C#N)c(C(N)=S)c([N+](=O)[O-])c(C(N)=S)c1[N+](=O)[O-]. The fourth-order valence-electron chi connectivity index (χ4n) is 2.35. The molecule has 0 spiro atoms. The fourth-order valence-corrected chi connectivity index (χ4v) is 2.75. The largest absolute Gasteiger partial charge is 0.389 e. The van der Waals surface area contributed by atoms with Gasteiger partial charge in [-0.15, -0.1) is 0 Å². The molecule has 11 heteroatoms. The summed E-state index contributed by atoms with van der Waals surface area (Å²) in [5.74, 6) is 0. The maximum absolute atomic E-state index is 11.5. The van der Waals surface area contributed by atoms with Crippen LogP contribution in [0.15, 0.2) is 0 Å². The van der Waals surface area contributed by atoms with E-state index in [1.165, 1.54) is 0 Å². The Morgan fingerprint density at radius 3 is 1.96 bits per heavy atom. The number of nitrogens with two attached hydrogens (primary N) is 2. The van der Waals surface area contributed by atoms with E-state index in [9.17, 15) is 25.5 Å². The van der Waals surface area contributed by atoms with Crippen molar-refractivity contribution in [2.24, 2.45) is 11.5 Å². The van der Waals surface area contributed by atoms with Crippen LogP contribution in [0.1, 0.15) is 42.0 Å². The smallest absolute Gasteiger partial charge is 0.298 e. The summed E-state index contributed by atoms with van der Waals surface area (Å²) >= 11 is 9.59. The number of rotatable bonds is 7. The standard InChI is InChI=1S/C13H13N5O4S2/c1-2-3-4-6-7(5-14)8(12(15)23)11(18(21)22)9(13(16)24)10(6)17(19)20/h2-4H2,1H3,(H2,15,23)(H2,16,24). The van der Waals surface area contributed by atoms with Gasteiger partial charge in [-0.1, -0.05) is 37.8 Å². The van der Waals surface area contributed by atoms with Crippen molar-refractivity contribution < 1.29 is 9.85 Å². The zero-order valence-electron chi connectivity index (χ0n) is 12.6. The summed E-state index contributed by atoms with van der Waals surface area (Å²) < 4.78 is 0. The van der Waals surface area contributed by atoms with E-state index in [1.54, 1.807) is 6.07 Å². The zero-order valence-corrected chi connectivity index (χ0v) is 14.2. The highest BCUT2D eigenvalue weighted by Gasteiger charge is 2.38. The monoisotopic (exact) mass is 367 g/mol. The Bertz CT molecular complexity index is 801. The first kappa shape index (κ1) is 19.3. The van der Waals surface area contributed by atoms with E-state index in [2.05, 4.69) is 0 Å². The second-order valence-electron chi connectivity index (χ2n) is 4.76. The van der Waals surface area contributed by atoms with E-state index in [1.807, 2.05) is 6.92 Å². The van der Waals surface area contributed by atoms with Crippen molar-refractivity contribution in [3.05, 3.63) is 42.5 Å². The molecule has 0 saturated heterocycles. The summed E-state index contributed by atoms with van der Waals surface area (Å²) in [6, 6.07) is 1.75. The molecule has 24 heavy (non-hydrogen) atoms. The van der Waals surface area contributed by atoms with Crippen LogP contribution in [-0.2, 0) is 6.42 Å². The lowest BCUT2D eigenvalue weighted by atomic mass is 9.90. The summed E-state index contributed by atoms with van der Waals surface area (Å²) in [7, 11) is 0. The number of nitrogens with zero attached hydrogens (tertiary/aromatic N) is 3. The van der Waals surface area contributed by atoms with Gasteiger partial charge in [-0.05, 0) is 12.8 Å². The molecular formula is C13H13N5O4S2. The lowest BCUT2D eigenvalue weighted by molar-refractivity contribution is -0.394. The third-order valence-corrected chi connectivity index (χ3v) is 3.71. The molecule has 9 nitrogen and oxygen atoms in total. The van der Waals surface area contributed by atoms with E-state index in [0.29, 0.717) is 12.8 Å². The predicted octanol–water partition coefficient (Wildman–Crippen LogP) is 1.99. The van der Waals surface area contributed by atoms with E-state index in [0.717, 1.165) is 0 Å². The number of benzene rings is 1. The molecule has 1 rings (SSSR count). The molecule has 0 saturated carbocycles. The number of nitro benzene ring substituents is 2. The minimum atomic E-state index is -0.916. The van der Waals surface area contributed by atoms with Gasteiger partial charge in [0.25, 0.3) is 11.4 Å². The molecule has 0 amide bonds. The molecule has 0 aromatic heterocycles. The number of nitro groups is 2. The average molecular weight is 367 g/mol. The van der Waals surface area contributed by atoms with Crippen LogP contribution in [-0.4, -0.2) is 19.8 Å². The molecular weight excluding hydrogens is 354 g/mol. The van der Waals surface area contributed by atoms with E-state index >= 15 is 0 Å². The van der Waals surface area contributed by atoms with E-state index < -0.39 is 36.8 Å². The summed E-state index contributed by atoms with van der Waals surface area (Å²) in [5, 5.41) is 32.4. The van der Waals surface area contributed by atoms with Gasteiger partial charge in [0.2, 0.25) is 0 Å². The van der Waals surface area contributed by atoms with Crippen LogP contribution in [0, 0.1) is 31.6 Å². The Morgan fingerprint density at radius 2 is 1.62 bits per heavy atom. The first-order valence-corrected chi connectivity index (χ1v) is 7.51. The molecule has 0 unspecified atom stereocenters. The van der Waals surface area contributed by atoms with Crippen molar-refractivity contribution in [1.82, 2.24) is 0 Å². The molecule has 0 atom stereocenters. The van der Waals surface area contributed by atoms with E-state index in [-0.39, 0.29) is 23.1 Å². The van der Waals surface area contributed by atoms with Gasteiger partial charge < -0.3 is 11.5 Å². The number of hydrogen-bond donors (Lipinski definition) is 2. The highest BCUT2D eigenvalue weighted by atomic mass is 32.1. The Kier molecular flexibility index (Phi) is 6.21. The van der Waals surface area contributed by atoms with Gasteiger partial charge in [0.05, 0.1) is 15.4 Å². The van der Waals surface area contributed by atoms with Crippen LogP contribution in [0.4, 0.5) is 11.4 Å². The van der Waals surface area contributed by atoms with Crippen LogP contribution < -0.4 is 11.5 Å². The maximum atomic E-state index is 11.5. The highest BCUT2D eigenvalue weighted by Crippen LogP contribution is 2.39. The Morgan fingerprint density at radius 1 is 1.12 bits per heavy atom. The van der Waals surface area contributed by atoms with Gasteiger partial charge in [-0.3, -0.25) is 20.2 Å². The molecule has 0 aliphatic rings. The van der Waals surface area contributed by atoms with Crippen molar-refractivity contribution in [2.75, 3.05) is 0 Å². The van der Waals surface area contributed by atoms with Crippen LogP contribution >= 0.6 is 24.4 Å². The minimum Gasteiger partial charge on any atom is -0.389 e. The summed E-state index contributed by atoms with van der Waals surface area (Å²) in [6.45, 7) is 1.85. The van der Waals surface area contributed by atoms with Gasteiger partial charge in [-0.2, -0.15) is 5.26 Å². The summed E-state index contributed by atoms with van der Waals surface area (Å²) in [6.07, 6.45) is 1.34. The van der Waals surface area contributed by atoms with Crippen LogP contribution in [0.3, 0.4) is 0 Å². The molecule has 126 valence electrons. The van der Waals surface area contributed by atoms with Gasteiger partial charge in [-0.25, -0.2) is 0 Å². The summed E-state index contributed by atoms with van der Waals surface area (Å²) in [5.41, 5.74) is 8.43. The van der Waals surface area contributed by atoms with Gasteiger partial charge in [0.15, 0.2) is 5.56 Å². The van der Waals surface area contributed by atoms with Crippen LogP contribution in [0.5, 0.6) is 0 Å². The molecule has 4 N–H and O–H groups in total. The Hall–Kier alpha value is -2.71. The quantitative estimate of drug-likeness (QED) is 0.416. The number of nitriles is 1. The lowest BCUT2D eigenvalue weighted by Crippen LogP contribution is -2.23. The third-order valence-electron chi connectivity index (χ3n) is 3.30. The number of unbranched alkanes of at least 4 members (excludes halogenated alkanes) is 1. The van der Waals surface area contributed by atoms with Crippen molar-refractivity contribution in [2.45, 2.75) is 26.2 Å². The second-order valence-corrected chi connectivity index (χ2v) is 5.64. The van der Waals surface area contributed by atoms with Gasteiger partial charge in [0, 0.05) is 5.56 Å². The molecule has 1 aromatic carbocycles. The van der Waals surface area contributed by atoms with Crippen molar-refractivity contribution in [1.29, 1.82) is 5.26 Å². The molecule has 0 aliphatic heterocycles. The Labute approximate surface area is 147 Å². The fraction of sp³-hybridized carbons (Fsp3) is 0.308. The van der Waals surface area contributed by atoms with Crippen molar-refractivity contribution in [3.8, 4) is 6.07 Å². The molecule has 0 fully saturated rings. The second kappa shape index (κ2) is 7.71. The highest BCUT2D eigenvalue weighted by molar-refractivity contribution is 7.81. The first-order valence-electron chi connectivity index (χ1n) is 6.70. The first-order chi connectivity index (χ1) is 11.2. The Balaban J connectivity index is 4.20. The molecule has 0 aliphatic carbocycles. The predicted molar refractivity (Wildman–Crippen MR) is 94.9 cm³/mol. The minimum absolute atomic E-state index is 0.000509. The normalized spacial score (nSPS) is 10.0.